The molecule has 5 rings (SSSR count). The summed E-state index contributed by atoms with van der Waals surface area (Å²) in [6.07, 6.45) is -12.4. The van der Waals surface area contributed by atoms with E-state index in [1.165, 1.54) is 4.90 Å². The Morgan fingerprint density at radius 3 is 2.15 bits per heavy atom. The summed E-state index contributed by atoms with van der Waals surface area (Å²) in [7, 11) is -4.52. The molecule has 2 aromatic carbocycles. The normalized spacial score (nSPS) is 23.8. The number of carbonyl (C=O) groups excluding carboxylic acids is 1. The maximum atomic E-state index is 14.9. The van der Waals surface area contributed by atoms with E-state index in [0.717, 1.165) is 30.3 Å². The van der Waals surface area contributed by atoms with Crippen LogP contribution in [-0.4, -0.2) is 63.5 Å². The van der Waals surface area contributed by atoms with Crippen LogP contribution in [-0.2, 0) is 31.4 Å². The Balaban J connectivity index is 1.62. The largest absolute Gasteiger partial charge is 0.435 e. The Hall–Kier alpha value is -2.94. The molecule has 6 nitrogen and oxygen atoms in total. The van der Waals surface area contributed by atoms with E-state index in [1.807, 2.05) is 0 Å². The minimum Gasteiger partial charge on any atom is -0.381 e. The van der Waals surface area contributed by atoms with Crippen molar-refractivity contribution >= 4 is 15.9 Å². The van der Waals surface area contributed by atoms with Crippen molar-refractivity contribution in [2.24, 2.45) is 0 Å². The van der Waals surface area contributed by atoms with Crippen LogP contribution < -0.4 is 5.32 Å². The predicted octanol–water partition coefficient (Wildman–Crippen LogP) is 5.30. The Kier molecular flexibility index (Phi) is 7.08. The number of nitrogens with zero attached hydrogens (tertiary/aromatic N) is 1. The van der Waals surface area contributed by atoms with Crippen LogP contribution in [0.15, 0.2) is 47.4 Å². The first-order valence-corrected chi connectivity index (χ1v) is 14.1. The van der Waals surface area contributed by atoms with Crippen molar-refractivity contribution in [3.05, 3.63) is 65.0 Å². The van der Waals surface area contributed by atoms with Gasteiger partial charge in [-0.2, -0.15) is 26.3 Å². The summed E-state index contributed by atoms with van der Waals surface area (Å²) in [5, 5.41) is 2.80. The SMILES string of the molecule is O=C(NC1CCOCC1)N1CCC2(S(=O)(=O)c3ccc(F)cc3)c3ccc(C(F)(C(F)(F)F)C(F)(F)F)cc3CC12. The molecule has 2 heterocycles. The lowest BCUT2D eigenvalue weighted by molar-refractivity contribution is -0.348. The van der Waals surface area contributed by atoms with Gasteiger partial charge in [0.2, 0.25) is 0 Å². The van der Waals surface area contributed by atoms with Crippen molar-refractivity contribution in [2.45, 2.75) is 65.4 Å². The van der Waals surface area contributed by atoms with Gasteiger partial charge in [0, 0.05) is 31.4 Å². The molecule has 1 N–H and O–H groups in total. The molecule has 3 aliphatic rings. The first-order valence-electron chi connectivity index (χ1n) is 12.7. The molecule has 0 bridgehead atoms. The maximum absolute atomic E-state index is 14.9. The summed E-state index contributed by atoms with van der Waals surface area (Å²) in [4.78, 5) is 14.2. The van der Waals surface area contributed by atoms with Gasteiger partial charge in [-0.3, -0.25) is 0 Å². The van der Waals surface area contributed by atoms with Crippen LogP contribution >= 0.6 is 0 Å². The predicted molar refractivity (Wildman–Crippen MR) is 128 cm³/mol. The summed E-state index contributed by atoms with van der Waals surface area (Å²) < 4.78 is 141. The number of carbonyl (C=O) groups is 1. The molecule has 224 valence electrons. The molecular weight excluding hydrogens is 588 g/mol. The van der Waals surface area contributed by atoms with Gasteiger partial charge in [-0.1, -0.05) is 18.2 Å². The monoisotopic (exact) mass is 612 g/mol. The minimum absolute atomic E-state index is 0.0977. The highest BCUT2D eigenvalue weighted by atomic mass is 32.2. The number of hydrogen-bond acceptors (Lipinski definition) is 4. The quantitative estimate of drug-likeness (QED) is 0.376. The summed E-state index contributed by atoms with van der Waals surface area (Å²) in [5.74, 6) is -0.739. The number of urea groups is 1. The standard InChI is InChI=1S/C26H24F8N2O4S/c27-17-2-4-19(5-3-17)41(38,39)23-9-10-36(22(37)35-18-7-11-40-12-8-18)21(23)14-15-13-16(1-6-20(15)23)24(28,25(29,30)31)26(32,33)34/h1-6,13,18,21H,7-12,14H2,(H,35,37). The number of nitrogens with one attached hydrogen (secondary N) is 1. The van der Waals surface area contributed by atoms with Crippen molar-refractivity contribution in [2.75, 3.05) is 19.8 Å². The highest BCUT2D eigenvalue weighted by molar-refractivity contribution is 7.92. The van der Waals surface area contributed by atoms with Gasteiger partial charge in [-0.25, -0.2) is 22.0 Å². The molecule has 2 saturated heterocycles. The van der Waals surface area contributed by atoms with E-state index in [9.17, 15) is 48.3 Å². The summed E-state index contributed by atoms with van der Waals surface area (Å²) in [5.41, 5.74) is -7.86. The molecule has 2 unspecified atom stereocenters. The molecule has 2 aromatic rings. The number of hydrogen-bond donors (Lipinski definition) is 1. The van der Waals surface area contributed by atoms with Crippen molar-refractivity contribution in [1.29, 1.82) is 0 Å². The number of likely N-dealkylation sites (tertiary alicyclic amines) is 1. The number of fused-ring (bicyclic) bond motifs is 3. The zero-order valence-corrected chi connectivity index (χ0v) is 22.0. The number of benzene rings is 2. The van der Waals surface area contributed by atoms with E-state index in [2.05, 4.69) is 5.32 Å². The topological polar surface area (TPSA) is 75.7 Å². The summed E-state index contributed by atoms with van der Waals surface area (Å²) >= 11 is 0. The van der Waals surface area contributed by atoms with Crippen LogP contribution in [0.5, 0.6) is 0 Å². The van der Waals surface area contributed by atoms with Crippen LogP contribution in [0.3, 0.4) is 0 Å². The van der Waals surface area contributed by atoms with Gasteiger partial charge in [0.05, 0.1) is 10.9 Å². The van der Waals surface area contributed by atoms with Gasteiger partial charge in [0.25, 0.3) is 0 Å². The lowest BCUT2D eigenvalue weighted by Gasteiger charge is -2.34. The molecule has 15 heteroatoms. The van der Waals surface area contributed by atoms with Gasteiger partial charge < -0.3 is 15.0 Å². The average Bonchev–Trinajstić information content (AvgIpc) is 3.43. The second-order valence-corrected chi connectivity index (χ2v) is 12.6. The molecular formula is C26H24F8N2O4S. The fourth-order valence-electron chi connectivity index (χ4n) is 6.16. The highest BCUT2D eigenvalue weighted by Crippen LogP contribution is 2.57. The Morgan fingerprint density at radius 2 is 1.56 bits per heavy atom. The lowest BCUT2D eigenvalue weighted by atomic mass is 9.90. The smallest absolute Gasteiger partial charge is 0.381 e. The molecule has 1 aliphatic carbocycles. The summed E-state index contributed by atoms with van der Waals surface area (Å²) in [6.45, 7) is 0.670. The van der Waals surface area contributed by atoms with E-state index < -0.39 is 62.5 Å². The Labute approximate surface area is 229 Å². The number of rotatable bonds is 4. The lowest BCUT2D eigenvalue weighted by Crippen LogP contribution is -2.52. The van der Waals surface area contributed by atoms with E-state index in [0.29, 0.717) is 32.1 Å². The molecule has 0 aromatic heterocycles. The van der Waals surface area contributed by atoms with Crippen molar-refractivity contribution in [3.63, 3.8) is 0 Å². The third kappa shape index (κ3) is 4.46. The molecule has 0 saturated carbocycles. The van der Waals surface area contributed by atoms with E-state index in [1.54, 1.807) is 0 Å². The molecule has 0 spiro atoms. The summed E-state index contributed by atoms with van der Waals surface area (Å²) in [6, 6.07) is 3.02. The van der Waals surface area contributed by atoms with Crippen LogP contribution in [0.4, 0.5) is 39.9 Å². The third-order valence-electron chi connectivity index (χ3n) is 8.21. The number of alkyl halides is 7. The molecule has 2 amide bonds. The Morgan fingerprint density at radius 1 is 0.951 bits per heavy atom. The zero-order valence-electron chi connectivity index (χ0n) is 21.2. The van der Waals surface area contributed by atoms with Crippen LogP contribution in [0.2, 0.25) is 0 Å². The fourth-order valence-corrected chi connectivity index (χ4v) is 8.49. The minimum atomic E-state index is -6.36. The molecule has 2 fully saturated rings. The van der Waals surface area contributed by atoms with Crippen LogP contribution in [0.1, 0.15) is 36.0 Å². The first kappa shape index (κ1) is 29.5. The van der Waals surface area contributed by atoms with Gasteiger partial charge in [0.1, 0.15) is 10.6 Å². The van der Waals surface area contributed by atoms with E-state index in [4.69, 9.17) is 4.74 Å². The first-order chi connectivity index (χ1) is 19.0. The van der Waals surface area contributed by atoms with Crippen molar-refractivity contribution < 1.29 is 53.1 Å². The number of ether oxygens (including phenoxy) is 1. The van der Waals surface area contributed by atoms with E-state index in [-0.39, 0.29) is 41.1 Å². The van der Waals surface area contributed by atoms with E-state index >= 15 is 0 Å². The van der Waals surface area contributed by atoms with Crippen LogP contribution in [0, 0.1) is 5.82 Å². The van der Waals surface area contributed by atoms with Gasteiger partial charge >= 0.3 is 24.1 Å². The van der Waals surface area contributed by atoms with Gasteiger partial charge in [-0.15, -0.1) is 0 Å². The van der Waals surface area contributed by atoms with Crippen molar-refractivity contribution in [3.8, 4) is 0 Å². The zero-order chi connectivity index (χ0) is 30.0. The number of halogens is 8. The number of sulfone groups is 1. The fraction of sp³-hybridized carbons (Fsp3) is 0.500. The third-order valence-corrected chi connectivity index (χ3v) is 10.8. The van der Waals surface area contributed by atoms with Crippen LogP contribution in [0.25, 0.3) is 0 Å². The second kappa shape index (κ2) is 9.82. The average molecular weight is 613 g/mol. The molecule has 2 atom stereocenters. The highest BCUT2D eigenvalue weighted by Gasteiger charge is 2.74. The van der Waals surface area contributed by atoms with Gasteiger partial charge in [-0.05, 0) is 61.1 Å². The number of amides is 2. The van der Waals surface area contributed by atoms with Crippen molar-refractivity contribution in [1.82, 2.24) is 10.2 Å². The Bertz CT molecular complexity index is 1420. The molecule has 2 aliphatic heterocycles. The maximum Gasteiger partial charge on any atom is 0.435 e. The molecule has 0 radical (unpaired) electrons. The second-order valence-electron chi connectivity index (χ2n) is 10.4. The van der Waals surface area contributed by atoms with Gasteiger partial charge in [0.15, 0.2) is 9.84 Å². The molecule has 41 heavy (non-hydrogen) atoms.